The van der Waals surface area contributed by atoms with Gasteiger partial charge < -0.3 is 15.2 Å². The van der Waals surface area contributed by atoms with Crippen LogP contribution in [0, 0.1) is 0 Å². The van der Waals surface area contributed by atoms with Crippen LogP contribution in [0.2, 0.25) is 0 Å². The van der Waals surface area contributed by atoms with Crippen LogP contribution in [-0.4, -0.2) is 21.6 Å². The quantitative estimate of drug-likeness (QED) is 0.357. The smallest absolute Gasteiger partial charge is 0.364 e. The summed E-state index contributed by atoms with van der Waals surface area (Å²) in [6.45, 7) is 2.04. The molecule has 2 aromatic carbocycles. The minimum atomic E-state index is -4.43. The van der Waals surface area contributed by atoms with Crippen molar-refractivity contribution >= 4 is 11.8 Å². The predicted octanol–water partition coefficient (Wildman–Crippen LogP) is 6.38. The third-order valence-electron chi connectivity index (χ3n) is 5.48. The molecule has 0 saturated carbocycles. The van der Waals surface area contributed by atoms with E-state index in [0.717, 1.165) is 23.3 Å². The van der Waals surface area contributed by atoms with E-state index in [-0.39, 0.29) is 6.04 Å². The number of alkyl halides is 3. The van der Waals surface area contributed by atoms with Gasteiger partial charge in [0, 0.05) is 37.5 Å². The lowest BCUT2D eigenvalue weighted by Gasteiger charge is -2.15. The monoisotopic (exact) mass is 451 g/mol. The number of halogens is 3. The van der Waals surface area contributed by atoms with E-state index in [2.05, 4.69) is 20.6 Å². The van der Waals surface area contributed by atoms with E-state index in [1.807, 2.05) is 43.3 Å². The maximum Gasteiger partial charge on any atom is 0.416 e. The first-order valence-corrected chi connectivity index (χ1v) is 10.5. The van der Waals surface area contributed by atoms with Crippen molar-refractivity contribution < 1.29 is 13.2 Å². The van der Waals surface area contributed by atoms with Gasteiger partial charge in [-0.3, -0.25) is 0 Å². The van der Waals surface area contributed by atoms with Crippen molar-refractivity contribution in [3.05, 3.63) is 84.1 Å². The summed E-state index contributed by atoms with van der Waals surface area (Å²) in [4.78, 5) is 9.08. The maximum absolute atomic E-state index is 13.3. The summed E-state index contributed by atoms with van der Waals surface area (Å²) in [5.41, 5.74) is 2.74. The van der Waals surface area contributed by atoms with Gasteiger partial charge in [0.05, 0.1) is 17.0 Å². The van der Waals surface area contributed by atoms with Crippen molar-refractivity contribution in [3.63, 3.8) is 0 Å². The highest BCUT2D eigenvalue weighted by molar-refractivity contribution is 5.82. The number of hydrogen-bond acceptors (Lipinski definition) is 4. The summed E-state index contributed by atoms with van der Waals surface area (Å²) < 4.78 is 41.8. The van der Waals surface area contributed by atoms with Crippen LogP contribution in [0.3, 0.4) is 0 Å². The minimum absolute atomic E-state index is 0.0217. The van der Waals surface area contributed by atoms with Crippen LogP contribution in [0.1, 0.15) is 24.1 Å². The molecule has 0 aliphatic carbocycles. The molecular weight excluding hydrogens is 427 g/mol. The average Bonchev–Trinajstić information content (AvgIpc) is 3.15. The van der Waals surface area contributed by atoms with Gasteiger partial charge in [0.1, 0.15) is 5.82 Å². The molecule has 0 fully saturated rings. The molecule has 4 rings (SSSR count). The molecule has 170 valence electrons. The van der Waals surface area contributed by atoms with Crippen LogP contribution in [0.4, 0.5) is 24.9 Å². The second-order valence-corrected chi connectivity index (χ2v) is 7.73. The van der Waals surface area contributed by atoms with Crippen molar-refractivity contribution in [2.24, 2.45) is 7.05 Å². The van der Waals surface area contributed by atoms with Crippen molar-refractivity contribution in [1.82, 2.24) is 14.5 Å². The van der Waals surface area contributed by atoms with Crippen LogP contribution in [-0.2, 0) is 13.2 Å². The second kappa shape index (κ2) is 8.97. The first kappa shape index (κ1) is 22.4. The number of hydrogen-bond donors (Lipinski definition) is 2. The van der Waals surface area contributed by atoms with E-state index in [1.165, 1.54) is 6.07 Å². The van der Waals surface area contributed by atoms with Crippen molar-refractivity contribution in [3.8, 4) is 22.5 Å². The fourth-order valence-corrected chi connectivity index (χ4v) is 3.80. The van der Waals surface area contributed by atoms with Gasteiger partial charge in [0.15, 0.2) is 0 Å². The molecule has 0 amide bonds. The first-order chi connectivity index (χ1) is 15.8. The molecular formula is C25H24F3N5. The van der Waals surface area contributed by atoms with Gasteiger partial charge >= 0.3 is 6.18 Å². The first-order valence-electron chi connectivity index (χ1n) is 10.5. The van der Waals surface area contributed by atoms with Crippen LogP contribution in [0.25, 0.3) is 22.5 Å². The highest BCUT2D eigenvalue weighted by atomic mass is 19.4. The van der Waals surface area contributed by atoms with Gasteiger partial charge in [-0.1, -0.05) is 42.5 Å². The van der Waals surface area contributed by atoms with E-state index in [1.54, 1.807) is 37.0 Å². The number of benzene rings is 2. The maximum atomic E-state index is 13.3. The Morgan fingerprint density at radius 2 is 1.70 bits per heavy atom. The van der Waals surface area contributed by atoms with Crippen LogP contribution < -0.4 is 10.6 Å². The van der Waals surface area contributed by atoms with E-state index < -0.39 is 11.7 Å². The number of nitrogens with one attached hydrogen (secondary N) is 2. The normalized spacial score (nSPS) is 12.4. The van der Waals surface area contributed by atoms with E-state index in [0.29, 0.717) is 28.7 Å². The zero-order valence-electron chi connectivity index (χ0n) is 18.5. The summed E-state index contributed by atoms with van der Waals surface area (Å²) in [7, 11) is 3.50. The Morgan fingerprint density at radius 1 is 0.939 bits per heavy atom. The molecule has 0 aliphatic rings. The summed E-state index contributed by atoms with van der Waals surface area (Å²) in [6.07, 6.45) is -2.76. The largest absolute Gasteiger partial charge is 0.416 e. The Hall–Kier alpha value is -3.81. The average molecular weight is 451 g/mol. The molecule has 1 atom stereocenters. The third kappa shape index (κ3) is 4.69. The second-order valence-electron chi connectivity index (χ2n) is 7.73. The lowest BCUT2D eigenvalue weighted by atomic mass is 10.0. The van der Waals surface area contributed by atoms with E-state index in [4.69, 9.17) is 0 Å². The van der Waals surface area contributed by atoms with Crippen molar-refractivity contribution in [2.75, 3.05) is 17.7 Å². The number of anilines is 2. The molecule has 0 radical (unpaired) electrons. The Morgan fingerprint density at radius 3 is 2.39 bits per heavy atom. The molecule has 2 heterocycles. The van der Waals surface area contributed by atoms with Gasteiger partial charge in [-0.15, -0.1) is 0 Å². The van der Waals surface area contributed by atoms with Crippen molar-refractivity contribution in [1.29, 1.82) is 0 Å². The van der Waals surface area contributed by atoms with Gasteiger partial charge in [-0.25, -0.2) is 9.97 Å². The van der Waals surface area contributed by atoms with E-state index >= 15 is 0 Å². The Bertz CT molecular complexity index is 1250. The fourth-order valence-electron chi connectivity index (χ4n) is 3.80. The lowest BCUT2D eigenvalue weighted by molar-refractivity contribution is -0.137. The summed E-state index contributed by atoms with van der Waals surface area (Å²) in [5.74, 6) is 1.19. The Kier molecular flexibility index (Phi) is 6.09. The zero-order valence-corrected chi connectivity index (χ0v) is 18.5. The summed E-state index contributed by atoms with van der Waals surface area (Å²) in [5, 5.41) is 6.39. The van der Waals surface area contributed by atoms with Crippen LogP contribution >= 0.6 is 0 Å². The van der Waals surface area contributed by atoms with Gasteiger partial charge in [0.2, 0.25) is 5.95 Å². The number of aromatic nitrogens is 3. The fraction of sp³-hybridized carbons (Fsp3) is 0.200. The van der Waals surface area contributed by atoms with Gasteiger partial charge in [-0.2, -0.15) is 13.2 Å². The molecule has 0 unspecified atom stereocenters. The molecule has 5 nitrogen and oxygen atoms in total. The zero-order chi connectivity index (χ0) is 23.6. The molecule has 0 aliphatic heterocycles. The minimum Gasteiger partial charge on any atom is -0.364 e. The molecule has 33 heavy (non-hydrogen) atoms. The highest BCUT2D eigenvalue weighted by Crippen LogP contribution is 2.37. The standard InChI is InChI=1S/C25H24F3N5/c1-16(17-8-5-4-6-9-17)31-21-15-18(12-13-30-21)22-23(33(3)24(29-2)32-22)19-10-7-11-20(14-19)25(26,27)28/h4-16H,1-3H3,(H,29,32)(H,30,31)/t16-/m0/s1. The lowest BCUT2D eigenvalue weighted by Crippen LogP contribution is -2.07. The van der Waals surface area contributed by atoms with Crippen LogP contribution in [0.15, 0.2) is 72.9 Å². The SMILES string of the molecule is CNc1nc(-c2ccnc(N[C@@H](C)c3ccccc3)c2)c(-c2cccc(C(F)(F)F)c2)n1C. The predicted molar refractivity (Wildman–Crippen MR) is 125 cm³/mol. The third-order valence-corrected chi connectivity index (χ3v) is 5.48. The topological polar surface area (TPSA) is 54.8 Å². The van der Waals surface area contributed by atoms with E-state index in [9.17, 15) is 13.2 Å². The molecule has 0 bridgehead atoms. The Labute approximate surface area is 190 Å². The Balaban J connectivity index is 1.75. The molecule has 4 aromatic rings. The molecule has 0 saturated heterocycles. The van der Waals surface area contributed by atoms with Gasteiger partial charge in [-0.05, 0) is 36.8 Å². The number of rotatable bonds is 6. The van der Waals surface area contributed by atoms with Crippen molar-refractivity contribution in [2.45, 2.75) is 19.1 Å². The summed E-state index contributed by atoms with van der Waals surface area (Å²) >= 11 is 0. The van der Waals surface area contributed by atoms with Crippen LogP contribution in [0.5, 0.6) is 0 Å². The molecule has 2 aromatic heterocycles. The molecule has 2 N–H and O–H groups in total. The highest BCUT2D eigenvalue weighted by Gasteiger charge is 2.31. The molecule has 0 spiro atoms. The number of nitrogens with zero attached hydrogens (tertiary/aromatic N) is 3. The van der Waals surface area contributed by atoms with Gasteiger partial charge in [0.25, 0.3) is 0 Å². The number of pyridine rings is 1. The molecule has 8 heteroatoms. The summed E-state index contributed by atoms with van der Waals surface area (Å²) in [6, 6.07) is 19.0. The number of imidazole rings is 1.